The van der Waals surface area contributed by atoms with Gasteiger partial charge in [-0.2, -0.15) is 10.5 Å². The molecule has 1 heterocycles. The molecule has 0 N–H and O–H groups in total. The minimum Gasteiger partial charge on any atom is -0.192 e. The third kappa shape index (κ3) is 1.88. The zero-order valence-corrected chi connectivity index (χ0v) is 8.51. The van der Waals surface area contributed by atoms with E-state index < -0.39 is 0 Å². The van der Waals surface area contributed by atoms with Crippen LogP contribution in [-0.2, 0) is 0 Å². The SMILES string of the molecule is N#Cc1[c]cc(-c2ccc(C#N)s2)cc1. The van der Waals surface area contributed by atoms with Crippen LogP contribution in [0.5, 0.6) is 0 Å². The second-order valence-electron chi connectivity index (χ2n) is 2.88. The Hall–Kier alpha value is -2.10. The minimum atomic E-state index is 0.524. The molecule has 0 aliphatic carbocycles. The standard InChI is InChI=1S/C12H5N2S/c13-7-9-1-3-10(4-2-9)12-6-5-11(8-14)15-12/h1,3-6H. The Morgan fingerprint density at radius 3 is 2.47 bits per heavy atom. The van der Waals surface area contributed by atoms with E-state index >= 15 is 0 Å². The van der Waals surface area contributed by atoms with Crippen molar-refractivity contribution in [2.45, 2.75) is 0 Å². The van der Waals surface area contributed by atoms with Crippen molar-refractivity contribution in [2.24, 2.45) is 0 Å². The Balaban J connectivity index is 2.39. The summed E-state index contributed by atoms with van der Waals surface area (Å²) in [6, 6.07) is 16.0. The van der Waals surface area contributed by atoms with Crippen LogP contribution in [0.1, 0.15) is 10.4 Å². The maximum atomic E-state index is 8.69. The molecule has 0 unspecified atom stereocenters. The van der Waals surface area contributed by atoms with Crippen molar-refractivity contribution in [1.82, 2.24) is 0 Å². The zero-order valence-electron chi connectivity index (χ0n) is 7.69. The smallest absolute Gasteiger partial charge is 0.110 e. The largest absolute Gasteiger partial charge is 0.192 e. The first-order valence-electron chi connectivity index (χ1n) is 4.25. The van der Waals surface area contributed by atoms with Gasteiger partial charge in [-0.1, -0.05) is 6.07 Å². The van der Waals surface area contributed by atoms with E-state index in [1.165, 1.54) is 11.3 Å². The van der Waals surface area contributed by atoms with Crippen molar-refractivity contribution < 1.29 is 0 Å². The average molecular weight is 209 g/mol. The summed E-state index contributed by atoms with van der Waals surface area (Å²) in [7, 11) is 0. The fourth-order valence-electron chi connectivity index (χ4n) is 1.20. The number of hydrogen-bond donors (Lipinski definition) is 0. The van der Waals surface area contributed by atoms with Crippen LogP contribution in [-0.4, -0.2) is 0 Å². The lowest BCUT2D eigenvalue weighted by Crippen LogP contribution is -1.75. The molecule has 2 rings (SSSR count). The number of nitrogens with zero attached hydrogens (tertiary/aromatic N) is 2. The van der Waals surface area contributed by atoms with Crippen LogP contribution in [0.15, 0.2) is 30.3 Å². The number of hydrogen-bond acceptors (Lipinski definition) is 3. The van der Waals surface area contributed by atoms with E-state index in [0.717, 1.165) is 10.4 Å². The van der Waals surface area contributed by atoms with Gasteiger partial charge in [-0.3, -0.25) is 0 Å². The summed E-state index contributed by atoms with van der Waals surface area (Å²) >= 11 is 1.44. The van der Waals surface area contributed by atoms with Crippen LogP contribution in [0.2, 0.25) is 0 Å². The highest BCUT2D eigenvalue weighted by molar-refractivity contribution is 7.16. The summed E-state index contributed by atoms with van der Waals surface area (Å²) in [4.78, 5) is 1.71. The predicted octanol–water partition coefficient (Wildman–Crippen LogP) is 2.96. The molecule has 0 aliphatic rings. The fraction of sp³-hybridized carbons (Fsp3) is 0. The monoisotopic (exact) mass is 209 g/mol. The van der Waals surface area contributed by atoms with Gasteiger partial charge < -0.3 is 0 Å². The summed E-state index contributed by atoms with van der Waals surface area (Å²) < 4.78 is 0. The van der Waals surface area contributed by atoms with Crippen molar-refractivity contribution in [3.05, 3.63) is 46.8 Å². The Labute approximate surface area is 91.6 Å². The van der Waals surface area contributed by atoms with Crippen molar-refractivity contribution >= 4 is 11.3 Å². The summed E-state index contributed by atoms with van der Waals surface area (Å²) in [5.74, 6) is 0. The normalized spacial score (nSPS) is 9.20. The molecule has 0 spiro atoms. The molecule has 69 valence electrons. The molecule has 0 fully saturated rings. The third-order valence-corrected chi connectivity index (χ3v) is 2.97. The summed E-state index contributed by atoms with van der Waals surface area (Å²) in [5.41, 5.74) is 1.51. The van der Waals surface area contributed by atoms with Gasteiger partial charge in [-0.15, -0.1) is 11.3 Å². The average Bonchev–Trinajstić information content (AvgIpc) is 2.78. The highest BCUT2D eigenvalue weighted by atomic mass is 32.1. The molecule has 0 aliphatic heterocycles. The van der Waals surface area contributed by atoms with E-state index in [-0.39, 0.29) is 0 Å². The second-order valence-corrected chi connectivity index (χ2v) is 3.96. The van der Waals surface area contributed by atoms with Crippen molar-refractivity contribution in [3.8, 4) is 22.6 Å². The van der Waals surface area contributed by atoms with Gasteiger partial charge in [-0.25, -0.2) is 0 Å². The summed E-state index contributed by atoms with van der Waals surface area (Å²) in [5, 5.41) is 17.3. The van der Waals surface area contributed by atoms with E-state index in [4.69, 9.17) is 10.5 Å². The number of nitriles is 2. The van der Waals surface area contributed by atoms with Crippen LogP contribution in [0.4, 0.5) is 0 Å². The molecule has 1 radical (unpaired) electrons. The minimum absolute atomic E-state index is 0.524. The Kier molecular flexibility index (Phi) is 2.49. The van der Waals surface area contributed by atoms with Gasteiger partial charge in [-0.05, 0) is 29.8 Å². The lowest BCUT2D eigenvalue weighted by Gasteiger charge is -1.95. The maximum absolute atomic E-state index is 8.69. The third-order valence-electron chi connectivity index (χ3n) is 1.93. The van der Waals surface area contributed by atoms with Gasteiger partial charge in [0.2, 0.25) is 0 Å². The first kappa shape index (κ1) is 9.45. The zero-order chi connectivity index (χ0) is 10.7. The molecule has 0 saturated carbocycles. The van der Waals surface area contributed by atoms with Crippen LogP contribution in [0.3, 0.4) is 0 Å². The molecule has 15 heavy (non-hydrogen) atoms. The van der Waals surface area contributed by atoms with E-state index in [0.29, 0.717) is 10.4 Å². The molecule has 2 nitrogen and oxygen atoms in total. The quantitative estimate of drug-likeness (QED) is 0.724. The van der Waals surface area contributed by atoms with Gasteiger partial charge in [0.15, 0.2) is 0 Å². The van der Waals surface area contributed by atoms with Crippen molar-refractivity contribution in [2.75, 3.05) is 0 Å². The molecule has 0 bridgehead atoms. The lowest BCUT2D eigenvalue weighted by atomic mass is 10.1. The molecule has 2 aromatic rings. The Bertz CT molecular complexity index is 553. The van der Waals surface area contributed by atoms with E-state index in [1.807, 2.05) is 18.2 Å². The van der Waals surface area contributed by atoms with Gasteiger partial charge in [0.05, 0.1) is 11.6 Å². The maximum Gasteiger partial charge on any atom is 0.110 e. The first-order valence-corrected chi connectivity index (χ1v) is 5.07. The summed E-state index contributed by atoms with van der Waals surface area (Å²) in [6.45, 7) is 0. The Morgan fingerprint density at radius 1 is 1.07 bits per heavy atom. The molecular weight excluding hydrogens is 204 g/mol. The van der Waals surface area contributed by atoms with E-state index in [1.54, 1.807) is 18.2 Å². The van der Waals surface area contributed by atoms with E-state index in [9.17, 15) is 0 Å². The lowest BCUT2D eigenvalue weighted by molar-refractivity contribution is 1.48. The van der Waals surface area contributed by atoms with Gasteiger partial charge in [0.1, 0.15) is 10.9 Å². The van der Waals surface area contributed by atoms with Gasteiger partial charge in [0, 0.05) is 10.9 Å². The highest BCUT2D eigenvalue weighted by Crippen LogP contribution is 2.27. The molecule has 0 amide bonds. The molecule has 0 saturated heterocycles. The second kappa shape index (κ2) is 3.96. The highest BCUT2D eigenvalue weighted by Gasteiger charge is 2.02. The predicted molar refractivity (Wildman–Crippen MR) is 58.0 cm³/mol. The van der Waals surface area contributed by atoms with Gasteiger partial charge >= 0.3 is 0 Å². The summed E-state index contributed by atoms with van der Waals surface area (Å²) in [6.07, 6.45) is 0. The molecule has 1 aromatic carbocycles. The number of benzene rings is 1. The van der Waals surface area contributed by atoms with Crippen LogP contribution < -0.4 is 0 Å². The topological polar surface area (TPSA) is 47.6 Å². The van der Waals surface area contributed by atoms with E-state index in [2.05, 4.69) is 12.1 Å². The van der Waals surface area contributed by atoms with Crippen LogP contribution in [0, 0.1) is 28.7 Å². The number of thiophene rings is 1. The fourth-order valence-corrected chi connectivity index (χ4v) is 2.00. The molecule has 3 heteroatoms. The van der Waals surface area contributed by atoms with Crippen LogP contribution >= 0.6 is 11.3 Å². The molecular formula is C12H5N2S. The molecule has 0 atom stereocenters. The van der Waals surface area contributed by atoms with Gasteiger partial charge in [0.25, 0.3) is 0 Å². The Morgan fingerprint density at radius 2 is 1.93 bits per heavy atom. The molecule has 1 aromatic heterocycles. The first-order chi connectivity index (χ1) is 7.33. The van der Waals surface area contributed by atoms with Crippen molar-refractivity contribution in [3.63, 3.8) is 0 Å². The van der Waals surface area contributed by atoms with Crippen LogP contribution in [0.25, 0.3) is 10.4 Å². The van der Waals surface area contributed by atoms with Crippen molar-refractivity contribution in [1.29, 1.82) is 10.5 Å². The number of rotatable bonds is 1.